The molecule has 1 heterocycles. The number of carbonyl (C=O) groups is 2. The lowest BCUT2D eigenvalue weighted by molar-refractivity contribution is -0.191. The third-order valence-corrected chi connectivity index (χ3v) is 9.97. The second-order valence-electron chi connectivity index (χ2n) is 12.9. The largest absolute Gasteiger partial charge is 0.507 e. The summed E-state index contributed by atoms with van der Waals surface area (Å²) in [6, 6.07) is 16.6. The number of nitrogens with zero attached hydrogens (tertiary/aromatic N) is 2. The van der Waals surface area contributed by atoms with Gasteiger partial charge in [-0.2, -0.15) is 0 Å². The monoisotopic (exact) mass is 669 g/mol. The van der Waals surface area contributed by atoms with Crippen LogP contribution in [0.15, 0.2) is 54.6 Å². The molecule has 46 heavy (non-hydrogen) atoms. The van der Waals surface area contributed by atoms with Gasteiger partial charge in [0.25, 0.3) is 5.91 Å². The van der Waals surface area contributed by atoms with Crippen LogP contribution in [-0.4, -0.2) is 67.1 Å². The van der Waals surface area contributed by atoms with E-state index >= 15 is 0 Å². The van der Waals surface area contributed by atoms with Gasteiger partial charge < -0.3 is 29.5 Å². The second kappa shape index (κ2) is 14.1. The van der Waals surface area contributed by atoms with Crippen molar-refractivity contribution in [2.45, 2.75) is 44.2 Å². The third kappa shape index (κ3) is 6.77. The van der Waals surface area contributed by atoms with Crippen LogP contribution in [0.4, 0.5) is 4.79 Å². The Kier molecular flexibility index (Phi) is 10.3. The highest BCUT2D eigenvalue weighted by molar-refractivity contribution is 6.32. The van der Waals surface area contributed by atoms with Gasteiger partial charge in [0.15, 0.2) is 5.72 Å². The van der Waals surface area contributed by atoms with Gasteiger partial charge in [0.1, 0.15) is 17.2 Å². The van der Waals surface area contributed by atoms with Gasteiger partial charge in [-0.25, -0.2) is 9.78 Å². The quantitative estimate of drug-likeness (QED) is 0.123. The number of aromatic nitrogens is 1. The first-order valence-electron chi connectivity index (χ1n) is 15.6. The SMILES string of the molecule is COc1ccccc1-c1ccc(C(=O)NC2(OC(=O)O)C3CC4CC(C3)CC2C4)nc1-c1ccc(Cl)c(OCCCN(C)C)c1.Cl. The van der Waals surface area contributed by atoms with Gasteiger partial charge in [-0.15, -0.1) is 12.4 Å². The molecule has 9 nitrogen and oxygen atoms in total. The van der Waals surface area contributed by atoms with E-state index in [2.05, 4.69) is 10.2 Å². The van der Waals surface area contributed by atoms with Crippen molar-refractivity contribution in [3.8, 4) is 33.9 Å². The summed E-state index contributed by atoms with van der Waals surface area (Å²) in [6.07, 6.45) is 4.06. The van der Waals surface area contributed by atoms with Gasteiger partial charge in [-0.3, -0.25) is 4.79 Å². The Morgan fingerprint density at radius 3 is 2.33 bits per heavy atom. The molecule has 1 aromatic heterocycles. The predicted molar refractivity (Wildman–Crippen MR) is 179 cm³/mol. The Balaban J connectivity index is 0.00000417. The van der Waals surface area contributed by atoms with Crippen molar-refractivity contribution in [3.63, 3.8) is 0 Å². The molecule has 4 saturated carbocycles. The van der Waals surface area contributed by atoms with E-state index < -0.39 is 17.8 Å². The summed E-state index contributed by atoms with van der Waals surface area (Å²) in [7, 11) is 5.64. The van der Waals surface area contributed by atoms with Gasteiger partial charge in [0.05, 0.1) is 24.4 Å². The highest BCUT2D eigenvalue weighted by atomic mass is 35.5. The number of hydrogen-bond acceptors (Lipinski definition) is 7. The number of hydrogen-bond donors (Lipinski definition) is 2. The maximum atomic E-state index is 14.0. The van der Waals surface area contributed by atoms with Gasteiger partial charge in [0.2, 0.25) is 0 Å². The van der Waals surface area contributed by atoms with Crippen LogP contribution in [0.1, 0.15) is 49.0 Å². The lowest BCUT2D eigenvalue weighted by atomic mass is 9.52. The minimum absolute atomic E-state index is 0. The average molecular weight is 671 g/mol. The zero-order valence-electron chi connectivity index (χ0n) is 26.3. The maximum Gasteiger partial charge on any atom is 0.507 e. The van der Waals surface area contributed by atoms with E-state index in [4.69, 9.17) is 30.8 Å². The number of ether oxygens (including phenoxy) is 3. The molecule has 4 fully saturated rings. The topological polar surface area (TPSA) is 110 Å². The van der Waals surface area contributed by atoms with E-state index in [1.165, 1.54) is 6.42 Å². The van der Waals surface area contributed by atoms with Crippen LogP contribution in [0, 0.1) is 23.7 Å². The van der Waals surface area contributed by atoms with Crippen LogP contribution in [0.5, 0.6) is 11.5 Å². The normalized spacial score (nSPS) is 24.3. The lowest BCUT2D eigenvalue weighted by Gasteiger charge is -2.59. The minimum atomic E-state index is -1.37. The van der Waals surface area contributed by atoms with Gasteiger partial charge in [-0.05, 0) is 94.8 Å². The van der Waals surface area contributed by atoms with E-state index in [0.29, 0.717) is 46.2 Å². The summed E-state index contributed by atoms with van der Waals surface area (Å²) in [5.41, 5.74) is 1.73. The second-order valence-corrected chi connectivity index (χ2v) is 13.3. The van der Waals surface area contributed by atoms with Crippen LogP contribution in [0.3, 0.4) is 0 Å². The Bertz CT molecular complexity index is 1550. The molecule has 7 rings (SSSR count). The van der Waals surface area contributed by atoms with Crippen molar-refractivity contribution in [2.24, 2.45) is 23.7 Å². The molecule has 4 aliphatic carbocycles. The molecule has 0 aliphatic heterocycles. The number of nitrogens with one attached hydrogen (secondary N) is 1. The number of benzene rings is 2. The van der Waals surface area contributed by atoms with E-state index in [9.17, 15) is 14.7 Å². The maximum absolute atomic E-state index is 14.0. The molecule has 1 amide bonds. The molecule has 246 valence electrons. The van der Waals surface area contributed by atoms with E-state index in [0.717, 1.165) is 49.8 Å². The summed E-state index contributed by atoms with van der Waals surface area (Å²) >= 11 is 6.53. The summed E-state index contributed by atoms with van der Waals surface area (Å²) in [5.74, 6) is 1.74. The molecule has 0 radical (unpaired) electrons. The first-order valence-corrected chi connectivity index (χ1v) is 16.0. The molecule has 0 atom stereocenters. The van der Waals surface area contributed by atoms with Crippen LogP contribution < -0.4 is 14.8 Å². The molecule has 2 aromatic carbocycles. The van der Waals surface area contributed by atoms with Crippen molar-refractivity contribution in [2.75, 3.05) is 34.4 Å². The molecule has 0 saturated heterocycles. The number of rotatable bonds is 11. The van der Waals surface area contributed by atoms with Crippen LogP contribution in [0.25, 0.3) is 22.4 Å². The Labute approximate surface area is 281 Å². The average Bonchev–Trinajstić information content (AvgIpc) is 3.01. The standard InChI is InChI=1S/C35H40ClN3O6.ClH/c1-39(2)13-6-14-44-31-20-23(9-11-28(31)36)32-27(26-7-4-5-8-30(26)43-3)10-12-29(37-32)33(40)38-35(45-34(41)42)24-16-21-15-22(18-24)19-25(35)17-21;/h4-5,7-12,20-22,24-25H,6,13-19H2,1-3H3,(H,38,40)(H,41,42);1H. The summed E-state index contributed by atoms with van der Waals surface area (Å²) in [5, 5.41) is 13.3. The lowest BCUT2D eigenvalue weighted by Crippen LogP contribution is -2.68. The smallest absolute Gasteiger partial charge is 0.496 e. The number of carbonyl (C=O) groups excluding carboxylic acids is 1. The highest BCUT2D eigenvalue weighted by Gasteiger charge is 2.60. The van der Waals surface area contributed by atoms with Crippen molar-refractivity contribution in [1.29, 1.82) is 0 Å². The summed E-state index contributed by atoms with van der Waals surface area (Å²) < 4.78 is 17.4. The van der Waals surface area contributed by atoms with Crippen molar-refractivity contribution in [3.05, 3.63) is 65.3 Å². The molecule has 3 aromatic rings. The van der Waals surface area contributed by atoms with E-state index in [1.54, 1.807) is 19.2 Å². The number of amides is 1. The number of pyridine rings is 1. The fourth-order valence-corrected chi connectivity index (χ4v) is 8.05. The molecular formula is C35H41Cl2N3O6. The van der Waals surface area contributed by atoms with Gasteiger partial charge in [0, 0.05) is 35.1 Å². The van der Waals surface area contributed by atoms with Gasteiger partial charge in [-0.1, -0.05) is 35.9 Å². The van der Waals surface area contributed by atoms with Crippen LogP contribution in [0.2, 0.25) is 5.02 Å². The molecule has 0 spiro atoms. The van der Waals surface area contributed by atoms with Crippen LogP contribution >= 0.6 is 24.0 Å². The zero-order valence-corrected chi connectivity index (χ0v) is 27.9. The Morgan fingerprint density at radius 2 is 1.67 bits per heavy atom. The van der Waals surface area contributed by atoms with Crippen LogP contribution in [-0.2, 0) is 4.74 Å². The van der Waals surface area contributed by atoms with Crippen molar-refractivity contribution in [1.82, 2.24) is 15.2 Å². The molecule has 11 heteroatoms. The molecule has 4 bridgehead atoms. The fraction of sp³-hybridized carbons (Fsp3) is 0.457. The molecule has 4 aliphatic rings. The summed E-state index contributed by atoms with van der Waals surface area (Å²) in [6.45, 7) is 1.37. The third-order valence-electron chi connectivity index (χ3n) is 9.65. The highest BCUT2D eigenvalue weighted by Crippen LogP contribution is 2.58. The first-order chi connectivity index (χ1) is 21.7. The number of methoxy groups -OCH3 is 1. The number of carboxylic acid groups (broad SMARTS) is 1. The fourth-order valence-electron chi connectivity index (χ4n) is 7.88. The van der Waals surface area contributed by atoms with Gasteiger partial charge >= 0.3 is 6.16 Å². The molecule has 0 unspecified atom stereocenters. The number of para-hydroxylation sites is 1. The summed E-state index contributed by atoms with van der Waals surface area (Å²) in [4.78, 5) is 33.0. The first kappa shape index (κ1) is 33.8. The van der Waals surface area contributed by atoms with Crippen molar-refractivity contribution < 1.29 is 28.9 Å². The zero-order chi connectivity index (χ0) is 31.7. The predicted octanol–water partition coefficient (Wildman–Crippen LogP) is 7.41. The minimum Gasteiger partial charge on any atom is -0.496 e. The number of halogens is 2. The van der Waals surface area contributed by atoms with Crippen molar-refractivity contribution >= 4 is 36.1 Å². The Hall–Kier alpha value is -3.53. The molecule has 2 N–H and O–H groups in total. The Morgan fingerprint density at radius 1 is 0.978 bits per heavy atom. The molecular weight excluding hydrogens is 629 g/mol. The van der Waals surface area contributed by atoms with E-state index in [-0.39, 0.29) is 29.9 Å². The van der Waals surface area contributed by atoms with E-state index in [1.807, 2.05) is 56.6 Å².